The third kappa shape index (κ3) is 7.45. The zero-order valence-electron chi connectivity index (χ0n) is 18.3. The van der Waals surface area contributed by atoms with Crippen LogP contribution in [0.25, 0.3) is 17.4 Å². The number of furan rings is 1. The molecule has 0 bridgehead atoms. The van der Waals surface area contributed by atoms with Gasteiger partial charge in [-0.2, -0.15) is 0 Å². The summed E-state index contributed by atoms with van der Waals surface area (Å²) in [6, 6.07) is 15.2. The summed E-state index contributed by atoms with van der Waals surface area (Å²) in [5.41, 5.74) is 1.76. The van der Waals surface area contributed by atoms with Gasteiger partial charge >= 0.3 is 5.97 Å². The van der Waals surface area contributed by atoms with Crippen molar-refractivity contribution < 1.29 is 18.7 Å². The first-order valence-electron chi connectivity index (χ1n) is 10.5. The first-order chi connectivity index (χ1) is 16.4. The van der Waals surface area contributed by atoms with Crippen LogP contribution in [-0.4, -0.2) is 23.6 Å². The molecule has 6 nitrogen and oxygen atoms in total. The van der Waals surface area contributed by atoms with Gasteiger partial charge in [0.2, 0.25) is 5.91 Å². The van der Waals surface area contributed by atoms with Gasteiger partial charge in [0.05, 0.1) is 17.2 Å². The Labute approximate surface area is 212 Å². The van der Waals surface area contributed by atoms with Crippen molar-refractivity contribution in [2.24, 2.45) is 0 Å². The third-order valence-corrected chi connectivity index (χ3v) is 5.32. The predicted octanol–water partition coefficient (Wildman–Crippen LogP) is 6.74. The molecule has 0 radical (unpaired) electrons. The van der Waals surface area contributed by atoms with E-state index in [9.17, 15) is 9.59 Å². The van der Waals surface area contributed by atoms with Gasteiger partial charge in [0, 0.05) is 22.3 Å². The van der Waals surface area contributed by atoms with Crippen molar-refractivity contribution in [1.82, 2.24) is 5.32 Å². The van der Waals surface area contributed by atoms with Crippen molar-refractivity contribution in [2.45, 2.75) is 19.8 Å². The van der Waals surface area contributed by atoms with Crippen molar-refractivity contribution >= 4 is 64.2 Å². The minimum atomic E-state index is -0.434. The molecule has 0 spiro atoms. The number of anilines is 1. The topological polar surface area (TPSA) is 80.6 Å². The second-order valence-electron chi connectivity index (χ2n) is 7.17. The Morgan fingerprint density at radius 3 is 2.56 bits per heavy atom. The highest BCUT2D eigenvalue weighted by Crippen LogP contribution is 2.31. The number of carbonyl (C=O) groups is 2. The van der Waals surface area contributed by atoms with Crippen LogP contribution in [0.3, 0.4) is 0 Å². The van der Waals surface area contributed by atoms with Crippen molar-refractivity contribution in [1.29, 1.82) is 0 Å². The largest absolute Gasteiger partial charge is 0.462 e. The van der Waals surface area contributed by atoms with Crippen LogP contribution in [0, 0.1) is 0 Å². The van der Waals surface area contributed by atoms with Crippen molar-refractivity contribution in [3.63, 3.8) is 0 Å². The minimum Gasteiger partial charge on any atom is -0.462 e. The Bertz CT molecular complexity index is 1210. The average Bonchev–Trinajstić information content (AvgIpc) is 3.27. The van der Waals surface area contributed by atoms with Gasteiger partial charge in [-0.1, -0.05) is 36.5 Å². The first-order valence-corrected chi connectivity index (χ1v) is 11.6. The maximum absolute atomic E-state index is 12.2. The van der Waals surface area contributed by atoms with E-state index < -0.39 is 5.91 Å². The lowest BCUT2D eigenvalue weighted by Crippen LogP contribution is -2.32. The molecule has 0 aliphatic carbocycles. The molecular formula is C25H22Cl2N2O4S. The molecule has 0 aliphatic heterocycles. The molecule has 0 aliphatic rings. The molecular weight excluding hydrogens is 495 g/mol. The number of carbonyl (C=O) groups excluding carboxylic acids is 2. The monoisotopic (exact) mass is 516 g/mol. The van der Waals surface area contributed by atoms with Crippen molar-refractivity contribution in [2.75, 3.05) is 11.9 Å². The molecule has 1 heterocycles. The second-order valence-corrected chi connectivity index (χ2v) is 8.42. The van der Waals surface area contributed by atoms with E-state index >= 15 is 0 Å². The van der Waals surface area contributed by atoms with E-state index in [1.807, 2.05) is 6.92 Å². The summed E-state index contributed by atoms with van der Waals surface area (Å²) in [5.74, 6) is 0.213. The van der Waals surface area contributed by atoms with E-state index in [-0.39, 0.29) is 11.1 Å². The quantitative estimate of drug-likeness (QED) is 0.149. The highest BCUT2D eigenvalue weighted by atomic mass is 35.5. The number of halogens is 2. The van der Waals surface area contributed by atoms with E-state index in [0.29, 0.717) is 45.0 Å². The van der Waals surface area contributed by atoms with Crippen LogP contribution in [-0.2, 0) is 9.53 Å². The lowest BCUT2D eigenvalue weighted by molar-refractivity contribution is -0.115. The van der Waals surface area contributed by atoms with Crippen molar-refractivity contribution in [3.05, 3.63) is 82.0 Å². The van der Waals surface area contributed by atoms with Gasteiger partial charge in [0.15, 0.2) is 5.11 Å². The molecule has 34 heavy (non-hydrogen) atoms. The number of ether oxygens (including phenoxy) is 1. The van der Waals surface area contributed by atoms with Crippen LogP contribution >= 0.6 is 35.4 Å². The summed E-state index contributed by atoms with van der Waals surface area (Å²) in [7, 11) is 0. The Balaban J connectivity index is 1.51. The summed E-state index contributed by atoms with van der Waals surface area (Å²) < 4.78 is 10.9. The molecule has 1 amide bonds. The SMILES string of the molecule is CCCCOC(=O)c1ccc(NC(=S)NC(=O)/C=C/c2ccc(-c3ccc(Cl)cc3Cl)o2)cc1. The summed E-state index contributed by atoms with van der Waals surface area (Å²) in [6.07, 6.45) is 4.60. The van der Waals surface area contributed by atoms with E-state index in [1.165, 1.54) is 12.2 Å². The number of esters is 1. The number of hydrogen-bond acceptors (Lipinski definition) is 5. The van der Waals surface area contributed by atoms with Gasteiger partial charge in [0.25, 0.3) is 0 Å². The summed E-state index contributed by atoms with van der Waals surface area (Å²) in [6.45, 7) is 2.42. The highest BCUT2D eigenvalue weighted by Gasteiger charge is 2.10. The fraction of sp³-hybridized carbons (Fsp3) is 0.160. The number of thiocarbonyl (C=S) groups is 1. The zero-order chi connectivity index (χ0) is 24.5. The smallest absolute Gasteiger partial charge is 0.338 e. The van der Waals surface area contributed by atoms with Crippen LogP contribution < -0.4 is 10.6 Å². The minimum absolute atomic E-state index is 0.112. The first kappa shape index (κ1) is 25.5. The maximum atomic E-state index is 12.2. The van der Waals surface area contributed by atoms with Gasteiger partial charge in [-0.05, 0) is 79.3 Å². The number of nitrogens with one attached hydrogen (secondary N) is 2. The molecule has 2 N–H and O–H groups in total. The van der Waals surface area contributed by atoms with Crippen LogP contribution in [0.2, 0.25) is 10.0 Å². The molecule has 2 aromatic carbocycles. The fourth-order valence-corrected chi connectivity index (χ4v) is 3.55. The van der Waals surface area contributed by atoms with E-state index in [2.05, 4.69) is 10.6 Å². The highest BCUT2D eigenvalue weighted by molar-refractivity contribution is 7.80. The molecule has 0 unspecified atom stereocenters. The summed E-state index contributed by atoms with van der Waals surface area (Å²) >= 11 is 17.3. The summed E-state index contributed by atoms with van der Waals surface area (Å²) in [5, 5.41) is 6.55. The number of rotatable bonds is 8. The van der Waals surface area contributed by atoms with Crippen LogP contribution in [0.5, 0.6) is 0 Å². The molecule has 0 saturated carbocycles. The number of hydrogen-bond donors (Lipinski definition) is 2. The molecule has 0 fully saturated rings. The fourth-order valence-electron chi connectivity index (χ4n) is 2.83. The normalized spacial score (nSPS) is 10.8. The van der Waals surface area contributed by atoms with Crippen LogP contribution in [0.4, 0.5) is 5.69 Å². The zero-order valence-corrected chi connectivity index (χ0v) is 20.6. The van der Waals surface area contributed by atoms with Gasteiger partial charge in [-0.3, -0.25) is 10.1 Å². The lowest BCUT2D eigenvalue weighted by atomic mass is 10.2. The second kappa shape index (κ2) is 12.4. The molecule has 1 aromatic heterocycles. The van der Waals surface area contributed by atoms with Gasteiger partial charge < -0.3 is 14.5 Å². The number of amides is 1. The van der Waals surface area contributed by atoms with Gasteiger partial charge in [-0.15, -0.1) is 0 Å². The molecule has 176 valence electrons. The Morgan fingerprint density at radius 1 is 1.09 bits per heavy atom. The Kier molecular flexibility index (Phi) is 9.27. The third-order valence-electron chi connectivity index (χ3n) is 4.57. The van der Waals surface area contributed by atoms with Crippen LogP contribution in [0.1, 0.15) is 35.9 Å². The molecule has 0 atom stereocenters. The average molecular weight is 517 g/mol. The van der Waals surface area contributed by atoms with Gasteiger partial charge in [-0.25, -0.2) is 4.79 Å². The van der Waals surface area contributed by atoms with Crippen molar-refractivity contribution in [3.8, 4) is 11.3 Å². The standard InChI is InChI=1S/C25H22Cl2N2O4S/c1-2-3-14-32-24(31)16-4-7-18(8-5-16)28-25(34)29-23(30)13-10-19-9-12-22(33-19)20-11-6-17(26)15-21(20)27/h4-13,15H,2-3,14H2,1H3,(H2,28,29,30,34)/b13-10+. The molecule has 3 aromatic rings. The summed E-state index contributed by atoms with van der Waals surface area (Å²) in [4.78, 5) is 24.1. The number of benzene rings is 2. The molecule has 3 rings (SSSR count). The predicted molar refractivity (Wildman–Crippen MR) is 139 cm³/mol. The van der Waals surface area contributed by atoms with E-state index in [1.54, 1.807) is 54.6 Å². The maximum Gasteiger partial charge on any atom is 0.338 e. The van der Waals surface area contributed by atoms with Gasteiger partial charge in [0.1, 0.15) is 11.5 Å². The Hall–Kier alpha value is -3.13. The lowest BCUT2D eigenvalue weighted by Gasteiger charge is -2.09. The molecule has 0 saturated heterocycles. The van der Waals surface area contributed by atoms with E-state index in [0.717, 1.165) is 12.8 Å². The number of unbranched alkanes of at least 4 members (excludes halogenated alkanes) is 1. The Morgan fingerprint density at radius 2 is 1.85 bits per heavy atom. The van der Waals surface area contributed by atoms with E-state index in [4.69, 9.17) is 44.6 Å². The van der Waals surface area contributed by atoms with Crippen LogP contribution in [0.15, 0.2) is 65.1 Å². The molecule has 9 heteroatoms.